The van der Waals surface area contributed by atoms with Crippen molar-refractivity contribution in [2.45, 2.75) is 12.5 Å². The smallest absolute Gasteiger partial charge is 0.263 e. The van der Waals surface area contributed by atoms with Crippen LogP contribution in [-0.4, -0.2) is 42.2 Å². The predicted molar refractivity (Wildman–Crippen MR) is 111 cm³/mol. The van der Waals surface area contributed by atoms with Crippen molar-refractivity contribution in [3.05, 3.63) is 66.7 Å². The zero-order chi connectivity index (χ0) is 20.3. The number of para-hydroxylation sites is 1. The number of ether oxygens (including phenoxy) is 1. The molecule has 0 bridgehead atoms. The van der Waals surface area contributed by atoms with Crippen LogP contribution in [0.5, 0.6) is 5.75 Å². The van der Waals surface area contributed by atoms with Gasteiger partial charge >= 0.3 is 0 Å². The largest absolute Gasteiger partial charge is 0.484 e. The highest BCUT2D eigenvalue weighted by atomic mass is 32.2. The molecule has 29 heavy (non-hydrogen) atoms. The van der Waals surface area contributed by atoms with E-state index in [1.54, 1.807) is 22.9 Å². The van der Waals surface area contributed by atoms with Crippen LogP contribution < -0.4 is 10.1 Å². The number of anilines is 1. The molecule has 0 saturated carbocycles. The highest BCUT2D eigenvalue weighted by molar-refractivity contribution is 7.91. The monoisotopic (exact) mass is 411 g/mol. The molecule has 1 unspecified atom stereocenters. The summed E-state index contributed by atoms with van der Waals surface area (Å²) in [6.07, 6.45) is 0.474. The van der Waals surface area contributed by atoms with Crippen LogP contribution in [0, 0.1) is 0 Å². The van der Waals surface area contributed by atoms with Crippen LogP contribution in [0.1, 0.15) is 12.5 Å². The minimum absolute atomic E-state index is 0.0201. The average molecular weight is 411 g/mol. The molecule has 1 N–H and O–H groups in total. The maximum Gasteiger partial charge on any atom is 0.263 e. The molecule has 2 aromatic carbocycles. The van der Waals surface area contributed by atoms with Gasteiger partial charge < -0.3 is 10.1 Å². The van der Waals surface area contributed by atoms with Crippen LogP contribution in [-0.2, 0) is 14.6 Å². The Kier molecular flexibility index (Phi) is 5.35. The number of carbonyl (C=O) groups excluding carboxylic acids is 1. The zero-order valence-corrected chi connectivity index (χ0v) is 16.5. The Bertz CT molecular complexity index is 1100. The summed E-state index contributed by atoms with van der Waals surface area (Å²) in [5.74, 6) is 0.876. The third kappa shape index (κ3) is 4.65. The summed E-state index contributed by atoms with van der Waals surface area (Å²) in [6, 6.07) is 20.1. The number of carbonyl (C=O) groups is 1. The lowest BCUT2D eigenvalue weighted by atomic mass is 10.1. The molecule has 2 heterocycles. The second-order valence-electron chi connectivity index (χ2n) is 6.93. The Morgan fingerprint density at radius 2 is 1.79 bits per heavy atom. The van der Waals surface area contributed by atoms with Gasteiger partial charge in [-0.3, -0.25) is 4.79 Å². The van der Waals surface area contributed by atoms with E-state index in [2.05, 4.69) is 10.4 Å². The molecule has 1 aromatic heterocycles. The number of rotatable bonds is 6. The third-order valence-electron chi connectivity index (χ3n) is 4.74. The molecule has 1 saturated heterocycles. The predicted octanol–water partition coefficient (Wildman–Crippen LogP) is 2.93. The first-order valence-corrected chi connectivity index (χ1v) is 11.2. The molecule has 3 aromatic rings. The number of hydrogen-bond donors (Lipinski definition) is 1. The number of nitrogens with one attached hydrogen (secondary N) is 1. The molecular weight excluding hydrogens is 390 g/mol. The van der Waals surface area contributed by atoms with Gasteiger partial charge in [-0.2, -0.15) is 5.10 Å². The van der Waals surface area contributed by atoms with E-state index in [0.717, 1.165) is 5.56 Å². The highest BCUT2D eigenvalue weighted by Gasteiger charge is 2.31. The van der Waals surface area contributed by atoms with Crippen molar-refractivity contribution in [2.24, 2.45) is 0 Å². The summed E-state index contributed by atoms with van der Waals surface area (Å²) in [4.78, 5) is 12.4. The SMILES string of the molecule is O=C(COc1ccccc1)Nc1cc(-c2ccccc2)nn1C1CCS(=O)(=O)C1. The molecule has 0 radical (unpaired) electrons. The Hall–Kier alpha value is -3.13. The molecule has 1 atom stereocenters. The van der Waals surface area contributed by atoms with Crippen LogP contribution in [0.15, 0.2) is 66.7 Å². The van der Waals surface area contributed by atoms with Gasteiger partial charge in [0.05, 0.1) is 23.2 Å². The van der Waals surface area contributed by atoms with Gasteiger partial charge in [0.25, 0.3) is 5.91 Å². The Balaban J connectivity index is 1.55. The summed E-state index contributed by atoms with van der Waals surface area (Å²) in [7, 11) is -3.09. The first-order valence-electron chi connectivity index (χ1n) is 9.33. The molecule has 1 fully saturated rings. The number of amides is 1. The summed E-state index contributed by atoms with van der Waals surface area (Å²) in [5, 5.41) is 7.41. The van der Waals surface area contributed by atoms with Crippen molar-refractivity contribution < 1.29 is 17.9 Å². The molecule has 7 nitrogen and oxygen atoms in total. The minimum atomic E-state index is -3.09. The number of hydrogen-bond acceptors (Lipinski definition) is 5. The zero-order valence-electron chi connectivity index (χ0n) is 15.7. The van der Waals surface area contributed by atoms with Gasteiger partial charge in [0, 0.05) is 11.6 Å². The van der Waals surface area contributed by atoms with Gasteiger partial charge in [-0.15, -0.1) is 0 Å². The molecule has 1 amide bonds. The fourth-order valence-corrected chi connectivity index (χ4v) is 5.02. The molecular formula is C21H21N3O4S. The molecule has 1 aliphatic rings. The Morgan fingerprint density at radius 3 is 2.45 bits per heavy atom. The summed E-state index contributed by atoms with van der Waals surface area (Å²) in [6.45, 7) is -0.154. The fraction of sp³-hybridized carbons (Fsp3) is 0.238. The van der Waals surface area contributed by atoms with Gasteiger partial charge in [0.1, 0.15) is 11.6 Å². The molecule has 150 valence electrons. The van der Waals surface area contributed by atoms with Crippen LogP contribution >= 0.6 is 0 Å². The minimum Gasteiger partial charge on any atom is -0.484 e. The lowest BCUT2D eigenvalue weighted by Gasteiger charge is -2.14. The van der Waals surface area contributed by atoms with Crippen LogP contribution in [0.3, 0.4) is 0 Å². The molecule has 4 rings (SSSR count). The second-order valence-corrected chi connectivity index (χ2v) is 9.16. The summed E-state index contributed by atoms with van der Waals surface area (Å²) < 4.78 is 31.0. The molecule has 0 spiro atoms. The van der Waals surface area contributed by atoms with Crippen LogP contribution in [0.2, 0.25) is 0 Å². The van der Waals surface area contributed by atoms with Crippen molar-refractivity contribution in [2.75, 3.05) is 23.4 Å². The fourth-order valence-electron chi connectivity index (χ4n) is 3.33. The van der Waals surface area contributed by atoms with E-state index in [9.17, 15) is 13.2 Å². The van der Waals surface area contributed by atoms with Crippen LogP contribution in [0.4, 0.5) is 5.82 Å². The van der Waals surface area contributed by atoms with E-state index in [1.165, 1.54) is 0 Å². The van der Waals surface area contributed by atoms with Crippen molar-refractivity contribution in [1.29, 1.82) is 0 Å². The lowest BCUT2D eigenvalue weighted by molar-refractivity contribution is -0.118. The van der Waals surface area contributed by atoms with Crippen molar-refractivity contribution >= 4 is 21.6 Å². The van der Waals surface area contributed by atoms with Crippen molar-refractivity contribution in [3.63, 3.8) is 0 Å². The van der Waals surface area contributed by atoms with Crippen molar-refractivity contribution in [1.82, 2.24) is 9.78 Å². The maximum atomic E-state index is 12.4. The quantitative estimate of drug-likeness (QED) is 0.674. The summed E-state index contributed by atoms with van der Waals surface area (Å²) >= 11 is 0. The molecule has 1 aliphatic heterocycles. The van der Waals surface area contributed by atoms with Gasteiger partial charge in [-0.1, -0.05) is 48.5 Å². The number of sulfone groups is 1. The number of benzene rings is 2. The second kappa shape index (κ2) is 8.08. The van der Waals surface area contributed by atoms with Gasteiger partial charge in [0.15, 0.2) is 16.4 Å². The van der Waals surface area contributed by atoms with Gasteiger partial charge in [0.2, 0.25) is 0 Å². The third-order valence-corrected chi connectivity index (χ3v) is 6.49. The average Bonchev–Trinajstić information content (AvgIpc) is 3.30. The van der Waals surface area contributed by atoms with E-state index in [-0.39, 0.29) is 30.1 Å². The molecule has 8 heteroatoms. The Morgan fingerprint density at radius 1 is 1.10 bits per heavy atom. The number of aromatic nitrogens is 2. The van der Waals surface area contributed by atoms with Crippen LogP contribution in [0.25, 0.3) is 11.3 Å². The van der Waals surface area contributed by atoms with Gasteiger partial charge in [-0.25, -0.2) is 13.1 Å². The van der Waals surface area contributed by atoms with E-state index >= 15 is 0 Å². The summed E-state index contributed by atoms with van der Waals surface area (Å²) in [5.41, 5.74) is 1.57. The first kappa shape index (κ1) is 19.2. The molecule has 0 aliphatic carbocycles. The topological polar surface area (TPSA) is 90.3 Å². The highest BCUT2D eigenvalue weighted by Crippen LogP contribution is 2.30. The van der Waals surface area contributed by atoms with Crippen molar-refractivity contribution in [3.8, 4) is 17.0 Å². The standard InChI is InChI=1S/C21H21N3O4S/c25-21(14-28-18-9-5-2-6-10-18)22-20-13-19(16-7-3-1-4-8-16)23-24(20)17-11-12-29(26,27)15-17/h1-10,13,17H,11-12,14-15H2,(H,22,25). The first-order chi connectivity index (χ1) is 14.0. The maximum absolute atomic E-state index is 12.4. The van der Waals surface area contributed by atoms with E-state index < -0.39 is 9.84 Å². The van der Waals surface area contributed by atoms with Gasteiger partial charge in [-0.05, 0) is 18.6 Å². The van der Waals surface area contributed by atoms with E-state index in [0.29, 0.717) is 23.7 Å². The van der Waals surface area contributed by atoms with E-state index in [1.807, 2.05) is 48.5 Å². The lowest BCUT2D eigenvalue weighted by Crippen LogP contribution is -2.23. The van der Waals surface area contributed by atoms with E-state index in [4.69, 9.17) is 4.74 Å². The Labute approximate surface area is 169 Å². The normalized spacial score (nSPS) is 17.7. The number of nitrogens with zero attached hydrogens (tertiary/aromatic N) is 2.